The number of nitrogens with zero attached hydrogens (tertiary/aromatic N) is 3. The van der Waals surface area contributed by atoms with Crippen LogP contribution in [0.25, 0.3) is 0 Å². The molecule has 2 rings (SSSR count). The Morgan fingerprint density at radius 1 is 1.12 bits per heavy atom. The van der Waals surface area contributed by atoms with E-state index in [0.717, 1.165) is 17.9 Å². The minimum absolute atomic E-state index is 0.555. The average Bonchev–Trinajstić information content (AvgIpc) is 2.29. The Bertz CT molecular complexity index is 317. The number of hydrogen-bond acceptors (Lipinski definition) is 3. The van der Waals surface area contributed by atoms with Crippen molar-refractivity contribution in [1.29, 1.82) is 0 Å². The van der Waals surface area contributed by atoms with E-state index >= 15 is 0 Å². The number of hydrogen-bond donors (Lipinski definition) is 0. The summed E-state index contributed by atoms with van der Waals surface area (Å²) in [5, 5.41) is 8.29. The monoisotopic (exact) mass is 219 g/mol. The van der Waals surface area contributed by atoms with Gasteiger partial charge in [0.2, 0.25) is 0 Å². The molecule has 16 heavy (non-hydrogen) atoms. The van der Waals surface area contributed by atoms with Crippen LogP contribution in [0.4, 0.5) is 0 Å². The molecular weight excluding hydrogens is 198 g/mol. The van der Waals surface area contributed by atoms with Gasteiger partial charge in [0.25, 0.3) is 0 Å². The second-order valence-corrected chi connectivity index (χ2v) is 4.70. The molecule has 1 fully saturated rings. The standard InChI is InChI=1S/C13H21N3/c1-2-12-10-14-16-13(15-12)11-8-6-4-3-5-7-9-11/h10-11H,2-9H2,1H3. The summed E-state index contributed by atoms with van der Waals surface area (Å²) in [6.45, 7) is 2.12. The molecule has 1 aromatic heterocycles. The molecule has 0 aromatic carbocycles. The van der Waals surface area contributed by atoms with Crippen LogP contribution in [0.5, 0.6) is 0 Å². The lowest BCUT2D eigenvalue weighted by atomic mass is 9.90. The van der Waals surface area contributed by atoms with Gasteiger partial charge < -0.3 is 0 Å². The van der Waals surface area contributed by atoms with Crippen molar-refractivity contribution < 1.29 is 0 Å². The van der Waals surface area contributed by atoms with Crippen LogP contribution in [0.1, 0.15) is 69.3 Å². The van der Waals surface area contributed by atoms with Crippen molar-refractivity contribution in [2.24, 2.45) is 0 Å². The Labute approximate surface area is 97.7 Å². The molecule has 88 valence electrons. The van der Waals surface area contributed by atoms with Gasteiger partial charge in [0.15, 0.2) is 5.82 Å². The van der Waals surface area contributed by atoms with Crippen molar-refractivity contribution in [3.8, 4) is 0 Å². The smallest absolute Gasteiger partial charge is 0.154 e. The maximum absolute atomic E-state index is 4.61. The van der Waals surface area contributed by atoms with Gasteiger partial charge in [-0.1, -0.05) is 39.0 Å². The lowest BCUT2D eigenvalue weighted by molar-refractivity contribution is 0.438. The molecule has 3 heteroatoms. The summed E-state index contributed by atoms with van der Waals surface area (Å²) in [4.78, 5) is 4.61. The van der Waals surface area contributed by atoms with Crippen LogP contribution in [0.15, 0.2) is 6.20 Å². The molecule has 1 aliphatic carbocycles. The SMILES string of the molecule is CCc1cnnc(C2CCCCCCC2)n1. The number of aryl methyl sites for hydroxylation is 1. The van der Waals surface area contributed by atoms with Gasteiger partial charge in [0, 0.05) is 5.92 Å². The normalized spacial score (nSPS) is 19.1. The van der Waals surface area contributed by atoms with Gasteiger partial charge >= 0.3 is 0 Å². The second kappa shape index (κ2) is 5.92. The maximum Gasteiger partial charge on any atom is 0.154 e. The van der Waals surface area contributed by atoms with Crippen molar-refractivity contribution >= 4 is 0 Å². The zero-order valence-corrected chi connectivity index (χ0v) is 10.2. The molecule has 0 N–H and O–H groups in total. The highest BCUT2D eigenvalue weighted by Crippen LogP contribution is 2.28. The van der Waals surface area contributed by atoms with Crippen molar-refractivity contribution in [1.82, 2.24) is 15.2 Å². The van der Waals surface area contributed by atoms with E-state index in [1.54, 1.807) is 6.20 Å². The molecule has 0 atom stereocenters. The van der Waals surface area contributed by atoms with Crippen LogP contribution >= 0.6 is 0 Å². The van der Waals surface area contributed by atoms with Gasteiger partial charge in [-0.25, -0.2) is 4.98 Å². The topological polar surface area (TPSA) is 38.7 Å². The molecule has 0 amide bonds. The first kappa shape index (κ1) is 11.5. The third kappa shape index (κ3) is 3.00. The van der Waals surface area contributed by atoms with E-state index < -0.39 is 0 Å². The minimum Gasteiger partial charge on any atom is -0.234 e. The van der Waals surface area contributed by atoms with Crippen molar-refractivity contribution in [3.63, 3.8) is 0 Å². The fraction of sp³-hybridized carbons (Fsp3) is 0.769. The second-order valence-electron chi connectivity index (χ2n) is 4.70. The number of aromatic nitrogens is 3. The Morgan fingerprint density at radius 2 is 1.81 bits per heavy atom. The molecule has 1 aromatic rings. The molecule has 0 unspecified atom stereocenters. The number of rotatable bonds is 2. The summed E-state index contributed by atoms with van der Waals surface area (Å²) in [7, 11) is 0. The predicted molar refractivity (Wildman–Crippen MR) is 64.3 cm³/mol. The van der Waals surface area contributed by atoms with E-state index in [9.17, 15) is 0 Å². The summed E-state index contributed by atoms with van der Waals surface area (Å²) in [5.74, 6) is 1.54. The van der Waals surface area contributed by atoms with Gasteiger partial charge in [0.05, 0.1) is 11.9 Å². The first-order chi connectivity index (χ1) is 7.90. The minimum atomic E-state index is 0.555. The highest BCUT2D eigenvalue weighted by molar-refractivity contribution is 5.01. The molecule has 0 saturated heterocycles. The fourth-order valence-electron chi connectivity index (χ4n) is 2.41. The van der Waals surface area contributed by atoms with Gasteiger partial charge in [-0.3, -0.25) is 0 Å². The molecule has 3 nitrogen and oxygen atoms in total. The Balaban J connectivity index is 2.07. The molecule has 1 aliphatic rings. The molecule has 1 saturated carbocycles. The van der Waals surface area contributed by atoms with E-state index in [1.165, 1.54) is 44.9 Å². The van der Waals surface area contributed by atoms with Crippen LogP contribution in [-0.2, 0) is 6.42 Å². The van der Waals surface area contributed by atoms with Gasteiger partial charge in [-0.15, -0.1) is 5.10 Å². The first-order valence-electron chi connectivity index (χ1n) is 6.58. The highest BCUT2D eigenvalue weighted by Gasteiger charge is 2.16. The third-order valence-electron chi connectivity index (χ3n) is 3.46. The van der Waals surface area contributed by atoms with Crippen LogP contribution < -0.4 is 0 Å². The van der Waals surface area contributed by atoms with Gasteiger partial charge in [-0.2, -0.15) is 5.10 Å². The Morgan fingerprint density at radius 3 is 2.50 bits per heavy atom. The van der Waals surface area contributed by atoms with E-state index in [-0.39, 0.29) is 0 Å². The van der Waals surface area contributed by atoms with E-state index in [0.29, 0.717) is 5.92 Å². The van der Waals surface area contributed by atoms with Crippen LogP contribution in [0.3, 0.4) is 0 Å². The van der Waals surface area contributed by atoms with Gasteiger partial charge in [0.1, 0.15) is 0 Å². The molecular formula is C13H21N3. The van der Waals surface area contributed by atoms with Crippen LogP contribution in [0.2, 0.25) is 0 Å². The lowest BCUT2D eigenvalue weighted by Crippen LogP contribution is -2.09. The van der Waals surface area contributed by atoms with E-state index in [1.807, 2.05) is 0 Å². The quantitative estimate of drug-likeness (QED) is 0.766. The predicted octanol–water partition coefficient (Wildman–Crippen LogP) is 3.26. The Hall–Kier alpha value is -0.990. The highest BCUT2D eigenvalue weighted by atomic mass is 15.1. The van der Waals surface area contributed by atoms with Crippen LogP contribution in [-0.4, -0.2) is 15.2 Å². The van der Waals surface area contributed by atoms with Crippen LogP contribution in [0, 0.1) is 0 Å². The lowest BCUT2D eigenvalue weighted by Gasteiger charge is -2.17. The summed E-state index contributed by atoms with van der Waals surface area (Å²) in [6.07, 6.45) is 12.0. The summed E-state index contributed by atoms with van der Waals surface area (Å²) >= 11 is 0. The van der Waals surface area contributed by atoms with E-state index in [4.69, 9.17) is 0 Å². The summed E-state index contributed by atoms with van der Waals surface area (Å²) < 4.78 is 0. The fourth-order valence-corrected chi connectivity index (χ4v) is 2.41. The average molecular weight is 219 g/mol. The molecule has 0 spiro atoms. The van der Waals surface area contributed by atoms with Gasteiger partial charge in [-0.05, 0) is 19.3 Å². The van der Waals surface area contributed by atoms with Crippen molar-refractivity contribution in [2.75, 3.05) is 0 Å². The maximum atomic E-state index is 4.61. The van der Waals surface area contributed by atoms with E-state index in [2.05, 4.69) is 22.1 Å². The zero-order valence-electron chi connectivity index (χ0n) is 10.2. The Kier molecular flexibility index (Phi) is 4.25. The summed E-state index contributed by atoms with van der Waals surface area (Å²) in [5.41, 5.74) is 1.08. The first-order valence-corrected chi connectivity index (χ1v) is 6.58. The zero-order chi connectivity index (χ0) is 11.2. The molecule has 0 bridgehead atoms. The van der Waals surface area contributed by atoms with Crippen molar-refractivity contribution in [2.45, 2.75) is 64.2 Å². The largest absolute Gasteiger partial charge is 0.234 e. The molecule has 1 heterocycles. The third-order valence-corrected chi connectivity index (χ3v) is 3.46. The molecule has 0 aliphatic heterocycles. The summed E-state index contributed by atoms with van der Waals surface area (Å²) in [6, 6.07) is 0. The molecule has 0 radical (unpaired) electrons. The van der Waals surface area contributed by atoms with Crippen molar-refractivity contribution in [3.05, 3.63) is 17.7 Å².